The minimum Gasteiger partial charge on any atom is -0.381 e. The number of aryl methyl sites for hydroxylation is 1. The van der Waals surface area contributed by atoms with Gasteiger partial charge in [0.15, 0.2) is 0 Å². The molecule has 23 heavy (non-hydrogen) atoms. The van der Waals surface area contributed by atoms with Crippen molar-refractivity contribution >= 4 is 17.3 Å². The molecular formula is C18H21FN2O2. The topological polar surface area (TPSA) is 50.4 Å². The van der Waals surface area contributed by atoms with Gasteiger partial charge in [0.25, 0.3) is 5.91 Å². The van der Waals surface area contributed by atoms with Gasteiger partial charge in [-0.25, -0.2) is 4.39 Å². The second kappa shape index (κ2) is 7.74. The fraction of sp³-hybridized carbons (Fsp3) is 0.278. The molecule has 2 N–H and O–H groups in total. The van der Waals surface area contributed by atoms with Gasteiger partial charge in [-0.1, -0.05) is 18.2 Å². The van der Waals surface area contributed by atoms with Gasteiger partial charge >= 0.3 is 0 Å². The second-order valence-electron chi connectivity index (χ2n) is 5.39. The largest absolute Gasteiger partial charge is 0.381 e. The summed E-state index contributed by atoms with van der Waals surface area (Å²) in [5.74, 6) is -0.399. The molecule has 5 heteroatoms. The van der Waals surface area contributed by atoms with E-state index in [4.69, 9.17) is 4.74 Å². The van der Waals surface area contributed by atoms with E-state index in [0.717, 1.165) is 11.3 Å². The van der Waals surface area contributed by atoms with Crippen molar-refractivity contribution in [2.45, 2.75) is 26.5 Å². The zero-order chi connectivity index (χ0) is 16.8. The van der Waals surface area contributed by atoms with Crippen LogP contribution in [-0.2, 0) is 16.1 Å². The summed E-state index contributed by atoms with van der Waals surface area (Å²) in [5.41, 5.74) is 3.18. The Hall–Kier alpha value is -2.40. The quantitative estimate of drug-likeness (QED) is 0.854. The lowest BCUT2D eigenvalue weighted by molar-refractivity contribution is -0.124. The van der Waals surface area contributed by atoms with Gasteiger partial charge in [-0.2, -0.15) is 0 Å². The molecule has 122 valence electrons. The van der Waals surface area contributed by atoms with E-state index in [1.54, 1.807) is 19.9 Å². The molecule has 0 bridgehead atoms. The van der Waals surface area contributed by atoms with Crippen LogP contribution < -0.4 is 10.6 Å². The van der Waals surface area contributed by atoms with E-state index >= 15 is 0 Å². The molecule has 1 atom stereocenters. The summed E-state index contributed by atoms with van der Waals surface area (Å²) in [4.78, 5) is 11.8. The summed E-state index contributed by atoms with van der Waals surface area (Å²) in [6.07, 6.45) is -0.506. The molecule has 0 aliphatic heterocycles. The molecule has 0 saturated carbocycles. The average molecular weight is 316 g/mol. The number of rotatable bonds is 6. The summed E-state index contributed by atoms with van der Waals surface area (Å²) in [7, 11) is 1.49. The molecule has 0 aromatic heterocycles. The highest BCUT2D eigenvalue weighted by atomic mass is 19.1. The third-order valence-corrected chi connectivity index (χ3v) is 3.57. The number of hydrogen-bond acceptors (Lipinski definition) is 3. The summed E-state index contributed by atoms with van der Waals surface area (Å²) in [5, 5.41) is 6.05. The molecule has 0 aliphatic carbocycles. The Labute approximate surface area is 135 Å². The number of methoxy groups -OCH3 is 1. The highest BCUT2D eigenvalue weighted by Crippen LogP contribution is 2.17. The number of benzene rings is 2. The van der Waals surface area contributed by atoms with E-state index in [2.05, 4.69) is 10.6 Å². The van der Waals surface area contributed by atoms with Crippen LogP contribution in [0.3, 0.4) is 0 Å². The first kappa shape index (κ1) is 17.0. The van der Waals surface area contributed by atoms with E-state index in [-0.39, 0.29) is 11.7 Å². The third kappa shape index (κ3) is 4.79. The van der Waals surface area contributed by atoms with E-state index in [0.29, 0.717) is 17.8 Å². The number of hydrogen-bond donors (Lipinski definition) is 2. The molecule has 2 aromatic rings. The first-order chi connectivity index (χ1) is 11.0. The maximum atomic E-state index is 13.3. The maximum Gasteiger partial charge on any atom is 0.253 e. The SMILES string of the molecule is COC(C)C(=O)Nc1cccc(NCc2ccc(F)c(C)c2)c1. The highest BCUT2D eigenvalue weighted by molar-refractivity contribution is 5.94. The lowest BCUT2D eigenvalue weighted by atomic mass is 10.1. The van der Waals surface area contributed by atoms with Crippen molar-refractivity contribution in [2.75, 3.05) is 17.7 Å². The Morgan fingerprint density at radius 3 is 2.65 bits per heavy atom. The molecule has 2 rings (SSSR count). The minimum absolute atomic E-state index is 0.196. The molecule has 0 radical (unpaired) electrons. The predicted octanol–water partition coefficient (Wildman–Crippen LogP) is 3.72. The number of halogens is 1. The molecule has 0 saturated heterocycles. The third-order valence-electron chi connectivity index (χ3n) is 3.57. The summed E-state index contributed by atoms with van der Waals surface area (Å²) in [6.45, 7) is 4.01. The first-order valence-electron chi connectivity index (χ1n) is 7.42. The first-order valence-corrected chi connectivity index (χ1v) is 7.42. The van der Waals surface area contributed by atoms with Gasteiger partial charge in [0.05, 0.1) is 0 Å². The molecule has 1 amide bonds. The van der Waals surface area contributed by atoms with E-state index in [1.165, 1.54) is 13.2 Å². The van der Waals surface area contributed by atoms with Crippen LogP contribution >= 0.6 is 0 Å². The van der Waals surface area contributed by atoms with Gasteiger partial charge in [0, 0.05) is 25.0 Å². The van der Waals surface area contributed by atoms with Crippen LogP contribution in [0.1, 0.15) is 18.1 Å². The normalized spacial score (nSPS) is 11.8. The van der Waals surface area contributed by atoms with E-state index < -0.39 is 6.10 Å². The summed E-state index contributed by atoms with van der Waals surface area (Å²) in [6, 6.07) is 12.5. The molecule has 0 aliphatic rings. The van der Waals surface area contributed by atoms with Crippen LogP contribution in [-0.4, -0.2) is 19.1 Å². The Balaban J connectivity index is 1.99. The van der Waals surface area contributed by atoms with Crippen LogP contribution in [0.4, 0.5) is 15.8 Å². The number of ether oxygens (including phenoxy) is 1. The minimum atomic E-state index is -0.506. The fourth-order valence-corrected chi connectivity index (χ4v) is 2.08. The molecule has 1 unspecified atom stereocenters. The number of nitrogens with one attached hydrogen (secondary N) is 2. The molecular weight excluding hydrogens is 295 g/mol. The Morgan fingerprint density at radius 1 is 1.22 bits per heavy atom. The van der Waals surface area contributed by atoms with Crippen molar-refractivity contribution in [2.24, 2.45) is 0 Å². The maximum absolute atomic E-state index is 13.3. The van der Waals surface area contributed by atoms with Gasteiger partial charge in [-0.3, -0.25) is 4.79 Å². The van der Waals surface area contributed by atoms with Crippen LogP contribution in [0, 0.1) is 12.7 Å². The predicted molar refractivity (Wildman–Crippen MR) is 90.0 cm³/mol. The van der Waals surface area contributed by atoms with Gasteiger partial charge in [-0.05, 0) is 49.2 Å². The molecule has 0 spiro atoms. The summed E-state index contributed by atoms with van der Waals surface area (Å²) < 4.78 is 18.2. The highest BCUT2D eigenvalue weighted by Gasteiger charge is 2.11. The van der Waals surface area contributed by atoms with E-state index in [9.17, 15) is 9.18 Å². The van der Waals surface area contributed by atoms with Gasteiger partial charge < -0.3 is 15.4 Å². The molecule has 0 heterocycles. The number of carbonyl (C=O) groups excluding carboxylic acids is 1. The van der Waals surface area contributed by atoms with Crippen LogP contribution in [0.15, 0.2) is 42.5 Å². The van der Waals surface area contributed by atoms with Crippen molar-refractivity contribution in [1.29, 1.82) is 0 Å². The zero-order valence-corrected chi connectivity index (χ0v) is 13.5. The Morgan fingerprint density at radius 2 is 1.96 bits per heavy atom. The van der Waals surface area contributed by atoms with E-state index in [1.807, 2.05) is 30.3 Å². The molecule has 2 aromatic carbocycles. The second-order valence-corrected chi connectivity index (χ2v) is 5.39. The lowest BCUT2D eigenvalue weighted by Crippen LogP contribution is -2.26. The smallest absolute Gasteiger partial charge is 0.253 e. The van der Waals surface area contributed by atoms with Gasteiger partial charge in [0.1, 0.15) is 11.9 Å². The van der Waals surface area contributed by atoms with Crippen LogP contribution in [0.25, 0.3) is 0 Å². The average Bonchev–Trinajstić information content (AvgIpc) is 2.55. The zero-order valence-electron chi connectivity index (χ0n) is 13.5. The van der Waals surface area contributed by atoms with Crippen molar-refractivity contribution < 1.29 is 13.9 Å². The standard InChI is InChI=1S/C18H21FN2O2/c1-12-9-14(7-8-17(12)19)11-20-15-5-4-6-16(10-15)21-18(22)13(2)23-3/h4-10,13,20H,11H2,1-3H3,(H,21,22). The number of amides is 1. The molecule has 4 nitrogen and oxygen atoms in total. The van der Waals surface area contributed by atoms with Gasteiger partial charge in [-0.15, -0.1) is 0 Å². The number of anilines is 2. The van der Waals surface area contributed by atoms with Gasteiger partial charge in [0.2, 0.25) is 0 Å². The lowest BCUT2D eigenvalue weighted by Gasteiger charge is -2.12. The van der Waals surface area contributed by atoms with Crippen LogP contribution in [0.2, 0.25) is 0 Å². The van der Waals surface area contributed by atoms with Crippen molar-refractivity contribution in [3.8, 4) is 0 Å². The van der Waals surface area contributed by atoms with Crippen LogP contribution in [0.5, 0.6) is 0 Å². The van der Waals surface area contributed by atoms with Crippen molar-refractivity contribution in [3.05, 3.63) is 59.4 Å². The number of carbonyl (C=O) groups is 1. The fourth-order valence-electron chi connectivity index (χ4n) is 2.08. The monoisotopic (exact) mass is 316 g/mol. The Bertz CT molecular complexity index is 688. The summed E-state index contributed by atoms with van der Waals surface area (Å²) >= 11 is 0. The Kier molecular flexibility index (Phi) is 5.71. The van der Waals surface area contributed by atoms with Crippen molar-refractivity contribution in [3.63, 3.8) is 0 Å². The van der Waals surface area contributed by atoms with Crippen molar-refractivity contribution in [1.82, 2.24) is 0 Å². The molecule has 0 fully saturated rings.